The number of hydrogen-bond acceptors (Lipinski definition) is 4. The number of esters is 1. The third-order valence-electron chi connectivity index (χ3n) is 3.10. The molecule has 0 saturated carbocycles. The zero-order valence-electron chi connectivity index (χ0n) is 11.0. The predicted octanol–water partition coefficient (Wildman–Crippen LogP) is 1.31. The highest BCUT2D eigenvalue weighted by atomic mass is 16.5. The molecule has 2 rings (SSSR count). The number of allylic oxidation sites excluding steroid dienone is 2. The van der Waals surface area contributed by atoms with Gasteiger partial charge in [-0.1, -0.05) is 6.08 Å². The molecule has 1 aliphatic carbocycles. The lowest BCUT2D eigenvalue weighted by Gasteiger charge is -2.08. The molecule has 0 bridgehead atoms. The average molecular weight is 261 g/mol. The summed E-state index contributed by atoms with van der Waals surface area (Å²) in [5, 5.41) is 9.76. The monoisotopic (exact) mass is 261 g/mol. The van der Waals surface area contributed by atoms with E-state index in [1.807, 2.05) is 0 Å². The van der Waals surface area contributed by atoms with Crippen LogP contribution in [0.25, 0.3) is 0 Å². The molecule has 0 fully saturated rings. The fourth-order valence-corrected chi connectivity index (χ4v) is 2.29. The van der Waals surface area contributed by atoms with Gasteiger partial charge >= 0.3 is 13.0 Å². The molecule has 0 aromatic carbocycles. The number of hydrogen-bond donors (Lipinski definition) is 1. The molecule has 19 heavy (non-hydrogen) atoms. The fourth-order valence-electron chi connectivity index (χ4n) is 2.29. The molecule has 1 N–H and O–H groups in total. The van der Waals surface area contributed by atoms with Crippen LogP contribution in [0.2, 0.25) is 6.82 Å². The van der Waals surface area contributed by atoms with Crippen LogP contribution in [0.15, 0.2) is 18.3 Å². The van der Waals surface area contributed by atoms with Crippen LogP contribution in [-0.2, 0) is 11.2 Å². The second-order valence-corrected chi connectivity index (χ2v) is 4.43. The summed E-state index contributed by atoms with van der Waals surface area (Å²) >= 11 is 0. The van der Waals surface area contributed by atoms with Gasteiger partial charge in [0.25, 0.3) is 0 Å². The molecule has 5 nitrogen and oxygen atoms in total. The van der Waals surface area contributed by atoms with Gasteiger partial charge in [0.1, 0.15) is 0 Å². The third kappa shape index (κ3) is 2.49. The second kappa shape index (κ2) is 5.44. The van der Waals surface area contributed by atoms with Gasteiger partial charge in [-0.15, -0.1) is 0 Å². The lowest BCUT2D eigenvalue weighted by atomic mass is 9.87. The normalized spacial score (nSPS) is 13.9. The molecular weight excluding hydrogens is 245 g/mol. The maximum atomic E-state index is 12.1. The molecule has 0 amide bonds. The predicted molar refractivity (Wildman–Crippen MR) is 71.4 cm³/mol. The summed E-state index contributed by atoms with van der Waals surface area (Å²) in [5.74, 6) is -0.739. The van der Waals surface area contributed by atoms with Gasteiger partial charge in [0.2, 0.25) is 0 Å². The Labute approximate surface area is 112 Å². The highest BCUT2D eigenvalue weighted by molar-refractivity contribution is 6.47. The molecule has 0 spiro atoms. The van der Waals surface area contributed by atoms with Gasteiger partial charge < -0.3 is 14.2 Å². The first-order valence-electron chi connectivity index (χ1n) is 6.36. The zero-order valence-corrected chi connectivity index (χ0v) is 11.0. The van der Waals surface area contributed by atoms with Gasteiger partial charge in [0, 0.05) is 11.9 Å². The number of fused-ring (bicyclic) bond motifs is 1. The van der Waals surface area contributed by atoms with Crippen molar-refractivity contribution in [2.45, 2.75) is 26.6 Å². The lowest BCUT2D eigenvalue weighted by molar-refractivity contribution is 0.0524. The minimum atomic E-state index is -0.789. The van der Waals surface area contributed by atoms with Crippen LogP contribution in [0, 0.1) is 0 Å². The summed E-state index contributed by atoms with van der Waals surface area (Å²) in [4.78, 5) is 24.0. The van der Waals surface area contributed by atoms with E-state index in [9.17, 15) is 14.6 Å². The number of nitrogens with zero attached hydrogens (tertiary/aromatic N) is 1. The first-order valence-corrected chi connectivity index (χ1v) is 6.36. The molecule has 1 aromatic rings. The number of aromatic nitrogens is 1. The Balaban J connectivity index is 2.58. The molecule has 0 atom stereocenters. The van der Waals surface area contributed by atoms with Crippen molar-refractivity contribution in [2.75, 3.05) is 6.61 Å². The molecule has 0 aliphatic heterocycles. The van der Waals surface area contributed by atoms with E-state index in [0.29, 0.717) is 24.1 Å². The van der Waals surface area contributed by atoms with E-state index in [1.165, 1.54) is 12.3 Å². The molecule has 6 heteroatoms. The minimum absolute atomic E-state index is 0.213. The van der Waals surface area contributed by atoms with E-state index < -0.39 is 13.0 Å². The van der Waals surface area contributed by atoms with E-state index in [4.69, 9.17) is 4.74 Å². The van der Waals surface area contributed by atoms with E-state index in [2.05, 4.69) is 0 Å². The van der Waals surface area contributed by atoms with E-state index in [1.54, 1.807) is 24.3 Å². The summed E-state index contributed by atoms with van der Waals surface area (Å²) in [6.07, 6.45) is 6.08. The fraction of sp³-hybridized carbons (Fsp3) is 0.385. The summed E-state index contributed by atoms with van der Waals surface area (Å²) < 4.78 is 6.53. The summed E-state index contributed by atoms with van der Waals surface area (Å²) in [6, 6.07) is 0. The second-order valence-electron chi connectivity index (χ2n) is 4.43. The number of carbonyl (C=O) groups is 2. The van der Waals surface area contributed by atoms with Crippen molar-refractivity contribution in [1.82, 2.24) is 4.48 Å². The standard InChI is InChI=1S/C13H16BNO4/c1-3-19-13(17)9-8-15(14(2)18)10-6-4-5-7-11(16)12(9)10/h5,7-8,18H,3-4,6H2,1-2H3. The van der Waals surface area contributed by atoms with Gasteiger partial charge in [-0.3, -0.25) is 4.79 Å². The number of ketones is 1. The van der Waals surface area contributed by atoms with Gasteiger partial charge in [0.05, 0.1) is 17.7 Å². The van der Waals surface area contributed by atoms with Crippen LogP contribution < -0.4 is 0 Å². The average Bonchev–Trinajstić information content (AvgIpc) is 2.65. The van der Waals surface area contributed by atoms with Crippen molar-refractivity contribution in [3.63, 3.8) is 0 Å². The van der Waals surface area contributed by atoms with Gasteiger partial charge in [-0.2, -0.15) is 0 Å². The van der Waals surface area contributed by atoms with Gasteiger partial charge in [-0.05, 0) is 32.7 Å². The van der Waals surface area contributed by atoms with Crippen LogP contribution in [0.3, 0.4) is 0 Å². The maximum Gasteiger partial charge on any atom is 0.413 e. The van der Waals surface area contributed by atoms with Crippen molar-refractivity contribution in [1.29, 1.82) is 0 Å². The maximum absolute atomic E-state index is 12.1. The Hall–Kier alpha value is -1.82. The zero-order chi connectivity index (χ0) is 14.0. The highest BCUT2D eigenvalue weighted by Gasteiger charge is 2.28. The Morgan fingerprint density at radius 1 is 1.58 bits per heavy atom. The molecule has 0 saturated heterocycles. The van der Waals surface area contributed by atoms with Gasteiger partial charge in [0.15, 0.2) is 5.78 Å². The van der Waals surface area contributed by atoms with Crippen LogP contribution >= 0.6 is 0 Å². The largest absolute Gasteiger partial charge is 0.462 e. The summed E-state index contributed by atoms with van der Waals surface area (Å²) in [7, 11) is -0.789. The number of rotatable bonds is 3. The summed E-state index contributed by atoms with van der Waals surface area (Å²) in [5.41, 5.74) is 1.27. The van der Waals surface area contributed by atoms with Crippen molar-refractivity contribution in [2.24, 2.45) is 0 Å². The van der Waals surface area contributed by atoms with Crippen molar-refractivity contribution in [3.05, 3.63) is 35.2 Å². The first kappa shape index (κ1) is 13.6. The molecule has 1 heterocycles. The third-order valence-corrected chi connectivity index (χ3v) is 3.10. The Morgan fingerprint density at radius 3 is 2.95 bits per heavy atom. The van der Waals surface area contributed by atoms with E-state index >= 15 is 0 Å². The van der Waals surface area contributed by atoms with E-state index in [0.717, 1.165) is 0 Å². The van der Waals surface area contributed by atoms with E-state index in [-0.39, 0.29) is 18.0 Å². The SMILES string of the molecule is CCOC(=O)c1cn(B(C)O)c2c1C(=O)C=CCC2. The Morgan fingerprint density at radius 2 is 2.32 bits per heavy atom. The number of carbonyl (C=O) groups excluding carboxylic acids is 2. The smallest absolute Gasteiger partial charge is 0.413 e. The van der Waals surface area contributed by atoms with Crippen LogP contribution in [0.5, 0.6) is 0 Å². The van der Waals surface area contributed by atoms with Crippen molar-refractivity contribution < 1.29 is 19.3 Å². The summed E-state index contributed by atoms with van der Waals surface area (Å²) in [6.45, 7) is 3.56. The van der Waals surface area contributed by atoms with Crippen LogP contribution in [-0.4, -0.2) is 34.9 Å². The topological polar surface area (TPSA) is 68.5 Å². The van der Waals surface area contributed by atoms with Crippen LogP contribution in [0.1, 0.15) is 39.8 Å². The Kier molecular flexibility index (Phi) is 3.90. The lowest BCUT2D eigenvalue weighted by Crippen LogP contribution is -2.21. The highest BCUT2D eigenvalue weighted by Crippen LogP contribution is 2.24. The molecule has 1 aromatic heterocycles. The Bertz CT molecular complexity index is 545. The first-order chi connectivity index (χ1) is 9.06. The quantitative estimate of drug-likeness (QED) is 0.657. The van der Waals surface area contributed by atoms with Crippen molar-refractivity contribution >= 4 is 18.8 Å². The minimum Gasteiger partial charge on any atom is -0.462 e. The van der Waals surface area contributed by atoms with Gasteiger partial charge in [-0.25, -0.2) is 4.79 Å². The molecule has 100 valence electrons. The van der Waals surface area contributed by atoms with Crippen LogP contribution in [0.4, 0.5) is 0 Å². The molecule has 0 radical (unpaired) electrons. The molecule has 1 aliphatic rings. The number of ether oxygens (including phenoxy) is 1. The molecular formula is C13H16BNO4. The molecule has 0 unspecified atom stereocenters. The van der Waals surface area contributed by atoms with Crippen molar-refractivity contribution in [3.8, 4) is 0 Å².